The minimum Gasteiger partial charge on any atom is -0.489 e. The molecule has 1 aromatic carbocycles. The summed E-state index contributed by atoms with van der Waals surface area (Å²) in [6.45, 7) is 2.46. The highest BCUT2D eigenvalue weighted by Crippen LogP contribution is 2.27. The van der Waals surface area contributed by atoms with Gasteiger partial charge in [-0.2, -0.15) is 0 Å². The monoisotopic (exact) mass is 323 g/mol. The van der Waals surface area contributed by atoms with Gasteiger partial charge in [0.05, 0.1) is 16.6 Å². The predicted molar refractivity (Wildman–Crippen MR) is 79.5 cm³/mol. The molecular weight excluding hydrogens is 309 g/mol. The van der Waals surface area contributed by atoms with E-state index in [2.05, 4.69) is 0 Å². The van der Waals surface area contributed by atoms with E-state index in [1.54, 1.807) is 30.1 Å². The molecule has 0 radical (unpaired) electrons. The average molecular weight is 325 g/mol. The molecule has 0 aliphatic heterocycles. The number of hydrogen-bond donors (Lipinski definition) is 0. The van der Waals surface area contributed by atoms with E-state index in [4.69, 9.17) is 39.5 Å². The summed E-state index contributed by atoms with van der Waals surface area (Å²) < 4.78 is 5.78. The lowest BCUT2D eigenvalue weighted by Gasteiger charge is -2.24. The van der Waals surface area contributed by atoms with E-state index < -0.39 is 0 Å². The second-order valence-electron chi connectivity index (χ2n) is 4.13. The Morgan fingerprint density at radius 1 is 1.37 bits per heavy atom. The molecule has 1 aromatic rings. The summed E-state index contributed by atoms with van der Waals surface area (Å²) >= 11 is 17.3. The predicted octanol–water partition coefficient (Wildman–Crippen LogP) is 3.85. The fourth-order valence-electron chi connectivity index (χ4n) is 1.50. The van der Waals surface area contributed by atoms with Gasteiger partial charge in [-0.15, -0.1) is 11.6 Å². The first-order valence-corrected chi connectivity index (χ1v) is 7.18. The Morgan fingerprint density at radius 2 is 2.05 bits per heavy atom. The minimum absolute atomic E-state index is 0.0281. The van der Waals surface area contributed by atoms with E-state index in [0.717, 1.165) is 6.42 Å². The standard InChI is InChI=1S/C13H16Cl3NO2/c1-3-9(8-17(2)13(18)7-14)19-10-4-5-11(15)12(16)6-10/h4-6,9H,3,7-8H2,1-2H3. The van der Waals surface area contributed by atoms with Crippen molar-refractivity contribution in [3.05, 3.63) is 28.2 Å². The van der Waals surface area contributed by atoms with E-state index >= 15 is 0 Å². The van der Waals surface area contributed by atoms with Crippen molar-refractivity contribution in [3.8, 4) is 5.75 Å². The van der Waals surface area contributed by atoms with Crippen molar-refractivity contribution in [2.24, 2.45) is 0 Å². The maximum atomic E-state index is 11.4. The van der Waals surface area contributed by atoms with E-state index in [1.165, 1.54) is 0 Å². The van der Waals surface area contributed by atoms with Crippen molar-refractivity contribution in [2.75, 3.05) is 19.5 Å². The zero-order valence-electron chi connectivity index (χ0n) is 10.8. The molecule has 0 aliphatic rings. The number of ether oxygens (including phenoxy) is 1. The third-order valence-electron chi connectivity index (χ3n) is 2.67. The number of hydrogen-bond acceptors (Lipinski definition) is 2. The highest BCUT2D eigenvalue weighted by molar-refractivity contribution is 6.42. The van der Waals surface area contributed by atoms with Crippen LogP contribution in [0.5, 0.6) is 5.75 Å². The highest BCUT2D eigenvalue weighted by atomic mass is 35.5. The number of carbonyl (C=O) groups is 1. The summed E-state index contributed by atoms with van der Waals surface area (Å²) in [5.74, 6) is 0.477. The maximum absolute atomic E-state index is 11.4. The highest BCUT2D eigenvalue weighted by Gasteiger charge is 2.15. The Morgan fingerprint density at radius 3 is 2.58 bits per heavy atom. The smallest absolute Gasteiger partial charge is 0.237 e. The first kappa shape index (κ1) is 16.4. The lowest BCUT2D eigenvalue weighted by Crippen LogP contribution is -2.37. The lowest BCUT2D eigenvalue weighted by atomic mass is 10.2. The number of halogens is 3. The third kappa shape index (κ3) is 5.09. The van der Waals surface area contributed by atoms with Crippen LogP contribution < -0.4 is 4.74 Å². The van der Waals surface area contributed by atoms with Crippen LogP contribution in [0.1, 0.15) is 13.3 Å². The molecule has 1 unspecified atom stereocenters. The van der Waals surface area contributed by atoms with Crippen LogP contribution in [-0.4, -0.2) is 36.4 Å². The van der Waals surface area contributed by atoms with Gasteiger partial charge in [-0.25, -0.2) is 0 Å². The molecule has 0 fully saturated rings. The molecule has 0 spiro atoms. The van der Waals surface area contributed by atoms with Crippen molar-refractivity contribution < 1.29 is 9.53 Å². The van der Waals surface area contributed by atoms with Crippen LogP contribution in [-0.2, 0) is 4.79 Å². The van der Waals surface area contributed by atoms with Crippen LogP contribution in [0.3, 0.4) is 0 Å². The van der Waals surface area contributed by atoms with Crippen molar-refractivity contribution in [1.29, 1.82) is 0 Å². The van der Waals surface area contributed by atoms with Gasteiger partial charge < -0.3 is 9.64 Å². The zero-order valence-corrected chi connectivity index (χ0v) is 13.1. The van der Waals surface area contributed by atoms with E-state index in [0.29, 0.717) is 22.3 Å². The Labute approximate surface area is 128 Å². The normalized spacial score (nSPS) is 12.1. The molecule has 0 saturated carbocycles. The maximum Gasteiger partial charge on any atom is 0.237 e. The molecule has 0 heterocycles. The Balaban J connectivity index is 2.66. The molecule has 0 N–H and O–H groups in total. The summed E-state index contributed by atoms with van der Waals surface area (Å²) in [6.07, 6.45) is 0.648. The molecule has 106 valence electrons. The third-order valence-corrected chi connectivity index (χ3v) is 3.63. The zero-order chi connectivity index (χ0) is 14.4. The summed E-state index contributed by atoms with van der Waals surface area (Å²) in [6, 6.07) is 5.09. The van der Waals surface area contributed by atoms with Gasteiger partial charge in [0.25, 0.3) is 0 Å². The van der Waals surface area contributed by atoms with Crippen LogP contribution in [0.25, 0.3) is 0 Å². The number of alkyl halides is 1. The topological polar surface area (TPSA) is 29.5 Å². The van der Waals surface area contributed by atoms with E-state index in [9.17, 15) is 4.79 Å². The number of amides is 1. The van der Waals surface area contributed by atoms with Gasteiger partial charge in [0, 0.05) is 13.1 Å². The van der Waals surface area contributed by atoms with Gasteiger partial charge in [0.15, 0.2) is 0 Å². The molecule has 6 heteroatoms. The molecule has 0 saturated heterocycles. The molecule has 0 aliphatic carbocycles. The number of likely N-dealkylation sites (N-methyl/N-ethyl adjacent to an activating group) is 1. The molecular formula is C13H16Cl3NO2. The second kappa shape index (κ2) is 7.83. The molecule has 0 bridgehead atoms. The van der Waals surface area contributed by atoms with Crippen LogP contribution in [0, 0.1) is 0 Å². The van der Waals surface area contributed by atoms with Crippen molar-refractivity contribution >= 4 is 40.7 Å². The van der Waals surface area contributed by atoms with Crippen molar-refractivity contribution in [2.45, 2.75) is 19.4 Å². The first-order valence-electron chi connectivity index (χ1n) is 5.89. The van der Waals surface area contributed by atoms with Gasteiger partial charge in [0.1, 0.15) is 17.7 Å². The van der Waals surface area contributed by atoms with Gasteiger partial charge in [0.2, 0.25) is 5.91 Å². The summed E-state index contributed by atoms with van der Waals surface area (Å²) in [5, 5.41) is 0.927. The fourth-order valence-corrected chi connectivity index (χ4v) is 1.99. The van der Waals surface area contributed by atoms with Crippen molar-refractivity contribution in [3.63, 3.8) is 0 Å². The number of nitrogens with zero attached hydrogens (tertiary/aromatic N) is 1. The summed E-state index contributed by atoms with van der Waals surface area (Å²) in [7, 11) is 1.70. The lowest BCUT2D eigenvalue weighted by molar-refractivity contribution is -0.128. The molecule has 1 rings (SSSR count). The molecule has 19 heavy (non-hydrogen) atoms. The van der Waals surface area contributed by atoms with Gasteiger partial charge >= 0.3 is 0 Å². The molecule has 1 atom stereocenters. The fraction of sp³-hybridized carbons (Fsp3) is 0.462. The Kier molecular flexibility index (Phi) is 6.76. The van der Waals surface area contributed by atoms with E-state index in [-0.39, 0.29) is 17.9 Å². The quantitative estimate of drug-likeness (QED) is 0.744. The average Bonchev–Trinajstić information content (AvgIpc) is 2.40. The van der Waals surface area contributed by atoms with Crippen LogP contribution in [0.15, 0.2) is 18.2 Å². The molecule has 1 amide bonds. The van der Waals surface area contributed by atoms with Gasteiger partial charge in [-0.05, 0) is 18.6 Å². The number of rotatable bonds is 6. The molecule has 3 nitrogen and oxygen atoms in total. The van der Waals surface area contributed by atoms with Crippen LogP contribution in [0.2, 0.25) is 10.0 Å². The first-order chi connectivity index (χ1) is 8.97. The molecule has 0 aromatic heterocycles. The SMILES string of the molecule is CCC(CN(C)C(=O)CCl)Oc1ccc(Cl)c(Cl)c1. The van der Waals surface area contributed by atoms with Gasteiger partial charge in [-0.3, -0.25) is 4.79 Å². The van der Waals surface area contributed by atoms with Gasteiger partial charge in [-0.1, -0.05) is 30.1 Å². The number of benzene rings is 1. The Bertz CT molecular complexity index is 440. The van der Waals surface area contributed by atoms with Crippen LogP contribution >= 0.6 is 34.8 Å². The van der Waals surface area contributed by atoms with Crippen molar-refractivity contribution in [1.82, 2.24) is 4.90 Å². The Hall–Kier alpha value is -0.640. The van der Waals surface area contributed by atoms with Crippen LogP contribution in [0.4, 0.5) is 0 Å². The summed E-state index contributed by atoms with van der Waals surface area (Å²) in [4.78, 5) is 13.0. The summed E-state index contributed by atoms with van der Waals surface area (Å²) in [5.41, 5.74) is 0. The number of carbonyl (C=O) groups excluding carboxylic acids is 1. The largest absolute Gasteiger partial charge is 0.489 e. The second-order valence-corrected chi connectivity index (χ2v) is 5.21. The minimum atomic E-state index is -0.127. The van der Waals surface area contributed by atoms with E-state index in [1.807, 2.05) is 6.92 Å².